The molecule has 4 nitrogen and oxygen atoms in total. The van der Waals surface area contributed by atoms with Gasteiger partial charge in [0.2, 0.25) is 11.8 Å². The van der Waals surface area contributed by atoms with Crippen molar-refractivity contribution in [3.63, 3.8) is 0 Å². The smallest absolute Gasteiger partial charge is 0.249 e. The molecule has 2 aliphatic heterocycles. The van der Waals surface area contributed by atoms with Gasteiger partial charge in [-0.1, -0.05) is 6.92 Å². The predicted molar refractivity (Wildman–Crippen MR) is 80.5 cm³/mol. The number of carbonyl (C=O) groups is 2. The zero-order valence-electron chi connectivity index (χ0n) is 12.4. The first-order valence-electron chi connectivity index (χ1n) is 7.81. The minimum Gasteiger partial charge on any atom is -0.340 e. The van der Waals surface area contributed by atoms with Crippen LogP contribution < -0.4 is 5.32 Å². The van der Waals surface area contributed by atoms with E-state index < -0.39 is 5.54 Å². The van der Waals surface area contributed by atoms with Crippen molar-refractivity contribution < 1.29 is 9.59 Å². The molecule has 0 bridgehead atoms. The molecule has 1 aliphatic carbocycles. The van der Waals surface area contributed by atoms with Crippen LogP contribution >= 0.6 is 11.8 Å². The molecule has 1 N–H and O–H groups in total. The van der Waals surface area contributed by atoms with Crippen molar-refractivity contribution in [3.8, 4) is 0 Å². The number of thioether (sulfide) groups is 1. The van der Waals surface area contributed by atoms with Gasteiger partial charge in [-0.15, -0.1) is 0 Å². The van der Waals surface area contributed by atoms with Crippen LogP contribution in [0.15, 0.2) is 0 Å². The summed E-state index contributed by atoms with van der Waals surface area (Å²) in [6, 6.07) is -0.268. The van der Waals surface area contributed by atoms with Crippen LogP contribution in [0, 0.1) is 5.92 Å². The Morgan fingerprint density at radius 2 is 2.10 bits per heavy atom. The molecule has 0 aromatic rings. The largest absolute Gasteiger partial charge is 0.340 e. The van der Waals surface area contributed by atoms with Crippen molar-refractivity contribution in [2.45, 2.75) is 62.8 Å². The van der Waals surface area contributed by atoms with Crippen molar-refractivity contribution >= 4 is 23.6 Å². The van der Waals surface area contributed by atoms with Crippen LogP contribution in [-0.4, -0.2) is 45.8 Å². The van der Waals surface area contributed by atoms with Gasteiger partial charge in [0.15, 0.2) is 0 Å². The lowest BCUT2D eigenvalue weighted by molar-refractivity contribution is -0.155. The van der Waals surface area contributed by atoms with E-state index in [9.17, 15) is 9.59 Å². The first-order valence-corrected chi connectivity index (χ1v) is 8.86. The highest BCUT2D eigenvalue weighted by molar-refractivity contribution is 8.00. The van der Waals surface area contributed by atoms with Crippen LogP contribution in [0.2, 0.25) is 0 Å². The van der Waals surface area contributed by atoms with E-state index in [0.29, 0.717) is 17.6 Å². The van der Waals surface area contributed by atoms with Gasteiger partial charge in [-0.3, -0.25) is 9.59 Å². The number of rotatable bonds is 4. The van der Waals surface area contributed by atoms with Crippen LogP contribution in [0.5, 0.6) is 0 Å². The van der Waals surface area contributed by atoms with Crippen molar-refractivity contribution in [2.24, 2.45) is 5.92 Å². The molecule has 5 heteroatoms. The second-order valence-corrected chi connectivity index (χ2v) is 7.89. The molecule has 2 heterocycles. The maximum Gasteiger partial charge on any atom is 0.249 e. The molecule has 2 amide bonds. The third-order valence-corrected chi connectivity index (χ3v) is 6.35. The molecule has 3 unspecified atom stereocenters. The fraction of sp³-hybridized carbons (Fsp3) is 0.867. The molecule has 0 aromatic heterocycles. The first kappa shape index (κ1) is 14.2. The summed E-state index contributed by atoms with van der Waals surface area (Å²) in [6.07, 6.45) is 5.24. The topological polar surface area (TPSA) is 49.4 Å². The van der Waals surface area contributed by atoms with E-state index in [1.54, 1.807) is 0 Å². The van der Waals surface area contributed by atoms with E-state index >= 15 is 0 Å². The van der Waals surface area contributed by atoms with Crippen LogP contribution in [0.3, 0.4) is 0 Å². The van der Waals surface area contributed by atoms with Gasteiger partial charge in [-0.25, -0.2) is 0 Å². The number of nitrogens with zero attached hydrogens (tertiary/aromatic N) is 1. The molecule has 0 radical (unpaired) electrons. The zero-order valence-corrected chi connectivity index (χ0v) is 13.2. The van der Waals surface area contributed by atoms with Crippen molar-refractivity contribution in [3.05, 3.63) is 0 Å². The standard InChI is InChI=1S/C15H24N2O2S/c1-3-12-13(18)16-15(2,10-6-7-10)14(19)17(12)9-11-5-4-8-20-11/h10-12H,3-9H2,1-2H3,(H,16,18). The molecular formula is C15H24N2O2S. The number of amides is 2. The number of hydrogen-bond acceptors (Lipinski definition) is 3. The van der Waals surface area contributed by atoms with Gasteiger partial charge in [0, 0.05) is 11.8 Å². The lowest BCUT2D eigenvalue weighted by Gasteiger charge is -2.45. The van der Waals surface area contributed by atoms with Gasteiger partial charge in [-0.05, 0) is 50.7 Å². The Hall–Kier alpha value is -0.710. The molecule has 3 fully saturated rings. The average molecular weight is 296 g/mol. The van der Waals surface area contributed by atoms with Crippen LogP contribution in [0.1, 0.15) is 46.0 Å². The summed E-state index contributed by atoms with van der Waals surface area (Å²) in [5.41, 5.74) is -0.647. The Morgan fingerprint density at radius 3 is 2.65 bits per heavy atom. The lowest BCUT2D eigenvalue weighted by Crippen LogP contribution is -2.70. The van der Waals surface area contributed by atoms with E-state index in [2.05, 4.69) is 5.32 Å². The second kappa shape index (κ2) is 5.24. The van der Waals surface area contributed by atoms with Crippen molar-refractivity contribution in [2.75, 3.05) is 12.3 Å². The highest BCUT2D eigenvalue weighted by atomic mass is 32.2. The molecule has 20 heavy (non-hydrogen) atoms. The summed E-state index contributed by atoms with van der Waals surface area (Å²) in [6.45, 7) is 4.66. The van der Waals surface area contributed by atoms with Crippen LogP contribution in [0.25, 0.3) is 0 Å². The molecule has 3 rings (SSSR count). The summed E-state index contributed by atoms with van der Waals surface area (Å²) in [4.78, 5) is 27.2. The van der Waals surface area contributed by atoms with Gasteiger partial charge in [0.25, 0.3) is 0 Å². The summed E-state index contributed by atoms with van der Waals surface area (Å²) < 4.78 is 0. The summed E-state index contributed by atoms with van der Waals surface area (Å²) in [5, 5.41) is 3.54. The number of carbonyl (C=O) groups excluding carboxylic acids is 2. The van der Waals surface area contributed by atoms with Gasteiger partial charge >= 0.3 is 0 Å². The molecule has 0 spiro atoms. The lowest BCUT2D eigenvalue weighted by atomic mass is 9.88. The van der Waals surface area contributed by atoms with Crippen molar-refractivity contribution in [1.82, 2.24) is 10.2 Å². The molecule has 2 saturated heterocycles. The Labute approximate surface area is 125 Å². The van der Waals surface area contributed by atoms with E-state index in [4.69, 9.17) is 0 Å². The van der Waals surface area contributed by atoms with Gasteiger partial charge in [-0.2, -0.15) is 11.8 Å². The van der Waals surface area contributed by atoms with Gasteiger partial charge in [0.1, 0.15) is 11.6 Å². The van der Waals surface area contributed by atoms with Gasteiger partial charge in [0.05, 0.1) is 0 Å². The minimum atomic E-state index is -0.647. The zero-order chi connectivity index (χ0) is 14.3. The van der Waals surface area contributed by atoms with Crippen LogP contribution in [-0.2, 0) is 9.59 Å². The van der Waals surface area contributed by atoms with E-state index in [1.165, 1.54) is 18.6 Å². The third kappa shape index (κ3) is 2.34. The molecule has 3 aliphatic rings. The summed E-state index contributed by atoms with van der Waals surface area (Å²) >= 11 is 1.95. The van der Waals surface area contributed by atoms with Gasteiger partial charge < -0.3 is 10.2 Å². The SMILES string of the molecule is CCC1C(=O)NC(C)(C2CC2)C(=O)N1CC1CCCS1. The average Bonchev–Trinajstić information content (AvgIpc) is 3.16. The Balaban J connectivity index is 1.81. The number of hydrogen-bond donors (Lipinski definition) is 1. The predicted octanol–water partition coefficient (Wildman–Crippen LogP) is 1.79. The number of nitrogens with one attached hydrogen (secondary N) is 1. The highest BCUT2D eigenvalue weighted by Crippen LogP contribution is 2.42. The maximum absolute atomic E-state index is 12.9. The summed E-state index contributed by atoms with van der Waals surface area (Å²) in [5.74, 6) is 1.73. The Bertz CT molecular complexity index is 418. The Kier molecular flexibility index (Phi) is 3.73. The molecular weight excluding hydrogens is 272 g/mol. The number of piperazine rings is 1. The monoisotopic (exact) mass is 296 g/mol. The molecule has 112 valence electrons. The van der Waals surface area contributed by atoms with E-state index in [-0.39, 0.29) is 17.9 Å². The molecule has 3 atom stereocenters. The van der Waals surface area contributed by atoms with Crippen LogP contribution in [0.4, 0.5) is 0 Å². The van der Waals surface area contributed by atoms with E-state index in [1.807, 2.05) is 30.5 Å². The highest BCUT2D eigenvalue weighted by Gasteiger charge is 2.55. The first-order chi connectivity index (χ1) is 9.56. The van der Waals surface area contributed by atoms with Crippen molar-refractivity contribution in [1.29, 1.82) is 0 Å². The fourth-order valence-corrected chi connectivity index (χ4v) is 4.80. The quantitative estimate of drug-likeness (QED) is 0.860. The fourth-order valence-electron chi connectivity index (χ4n) is 3.54. The summed E-state index contributed by atoms with van der Waals surface area (Å²) in [7, 11) is 0. The third-order valence-electron chi connectivity index (χ3n) is 4.97. The maximum atomic E-state index is 12.9. The Morgan fingerprint density at radius 1 is 1.35 bits per heavy atom. The normalized spacial score (nSPS) is 38.2. The molecule has 1 saturated carbocycles. The van der Waals surface area contributed by atoms with E-state index in [0.717, 1.165) is 19.4 Å². The minimum absolute atomic E-state index is 0.0458. The molecule has 0 aromatic carbocycles. The second-order valence-electron chi connectivity index (χ2n) is 6.48.